The van der Waals surface area contributed by atoms with Gasteiger partial charge in [-0.2, -0.15) is 0 Å². The molecule has 0 aliphatic rings. The fourth-order valence-corrected chi connectivity index (χ4v) is 2.04. The van der Waals surface area contributed by atoms with Crippen LogP contribution in [0.15, 0.2) is 24.3 Å². The Morgan fingerprint density at radius 1 is 1.17 bits per heavy atom. The van der Waals surface area contributed by atoms with E-state index in [0.29, 0.717) is 6.54 Å². The summed E-state index contributed by atoms with van der Waals surface area (Å²) in [6.45, 7) is 5.57. The van der Waals surface area contributed by atoms with Crippen LogP contribution in [0.3, 0.4) is 0 Å². The number of thiocarbonyl (C=S) groups is 1. The highest BCUT2D eigenvalue weighted by atomic mass is 32.1. The maximum absolute atomic E-state index is 12.1. The van der Waals surface area contributed by atoms with Crippen LogP contribution in [-0.4, -0.2) is 30.1 Å². The van der Waals surface area contributed by atoms with Gasteiger partial charge in [-0.15, -0.1) is 0 Å². The summed E-state index contributed by atoms with van der Waals surface area (Å²) in [5.74, 6) is 0.124. The van der Waals surface area contributed by atoms with Crippen LogP contribution < -0.4 is 26.2 Å². The van der Waals surface area contributed by atoms with Crippen molar-refractivity contribution in [3.8, 4) is 5.75 Å². The van der Waals surface area contributed by atoms with E-state index in [1.165, 1.54) is 6.92 Å². The molecular weight excluding hydrogens is 328 g/mol. The molecule has 0 aliphatic carbocycles. The molecule has 0 bridgehead atoms. The number of methoxy groups -OCH3 is 1. The van der Waals surface area contributed by atoms with Crippen LogP contribution in [0.4, 0.5) is 0 Å². The van der Waals surface area contributed by atoms with Gasteiger partial charge in [0.25, 0.3) is 5.91 Å². The third kappa shape index (κ3) is 6.82. The number of hydrazine groups is 1. The summed E-state index contributed by atoms with van der Waals surface area (Å²) in [5.41, 5.74) is 6.14. The monoisotopic (exact) mass is 352 g/mol. The minimum absolute atomic E-state index is 0.0449. The first-order chi connectivity index (χ1) is 11.3. The van der Waals surface area contributed by atoms with Crippen LogP contribution in [-0.2, 0) is 16.1 Å². The highest BCUT2D eigenvalue weighted by Gasteiger charge is 2.22. The summed E-state index contributed by atoms with van der Waals surface area (Å²) < 4.78 is 5.09. The lowest BCUT2D eigenvalue weighted by Crippen LogP contribution is -2.55. The van der Waals surface area contributed by atoms with Gasteiger partial charge in [-0.3, -0.25) is 20.4 Å². The molecule has 1 aromatic rings. The van der Waals surface area contributed by atoms with Crippen molar-refractivity contribution in [2.24, 2.45) is 5.92 Å². The van der Waals surface area contributed by atoms with Crippen molar-refractivity contribution in [2.75, 3.05) is 7.11 Å². The van der Waals surface area contributed by atoms with E-state index in [4.69, 9.17) is 17.0 Å². The maximum atomic E-state index is 12.1. The summed E-state index contributed by atoms with van der Waals surface area (Å²) >= 11 is 5.11. The van der Waals surface area contributed by atoms with E-state index in [9.17, 15) is 9.59 Å². The predicted octanol–water partition coefficient (Wildman–Crippen LogP) is 0.851. The third-order valence-electron chi connectivity index (χ3n) is 3.22. The van der Waals surface area contributed by atoms with Gasteiger partial charge in [0.2, 0.25) is 5.91 Å². The van der Waals surface area contributed by atoms with Crippen molar-refractivity contribution >= 4 is 29.1 Å². The molecule has 0 heterocycles. The number of nitrogens with one attached hydrogen (secondary N) is 4. The van der Waals surface area contributed by atoms with Gasteiger partial charge < -0.3 is 15.4 Å². The van der Waals surface area contributed by atoms with Gasteiger partial charge in [-0.25, -0.2) is 0 Å². The molecule has 132 valence electrons. The first-order valence-electron chi connectivity index (χ1n) is 7.57. The van der Waals surface area contributed by atoms with Gasteiger partial charge in [0.1, 0.15) is 11.8 Å². The number of carbonyl (C=O) groups excluding carboxylic acids is 2. The van der Waals surface area contributed by atoms with Crippen LogP contribution >= 0.6 is 12.2 Å². The van der Waals surface area contributed by atoms with Crippen LogP contribution in [0, 0.1) is 5.92 Å². The lowest BCUT2D eigenvalue weighted by atomic mass is 10.0. The van der Waals surface area contributed by atoms with Crippen LogP contribution in [0.1, 0.15) is 26.3 Å². The quantitative estimate of drug-likeness (QED) is 0.448. The predicted molar refractivity (Wildman–Crippen MR) is 96.2 cm³/mol. The molecule has 0 spiro atoms. The fraction of sp³-hybridized carbons (Fsp3) is 0.438. The zero-order valence-corrected chi connectivity index (χ0v) is 15.1. The lowest BCUT2D eigenvalue weighted by Gasteiger charge is -2.21. The third-order valence-corrected chi connectivity index (χ3v) is 3.47. The summed E-state index contributed by atoms with van der Waals surface area (Å²) in [4.78, 5) is 23.2. The molecule has 7 nitrogen and oxygen atoms in total. The molecule has 24 heavy (non-hydrogen) atoms. The van der Waals surface area contributed by atoms with Crippen LogP contribution in [0.25, 0.3) is 0 Å². The van der Waals surface area contributed by atoms with Crippen molar-refractivity contribution < 1.29 is 14.3 Å². The number of ether oxygens (including phenoxy) is 1. The number of rotatable bonds is 6. The molecule has 0 radical (unpaired) electrons. The number of benzene rings is 1. The standard InChI is InChI=1S/C16H24N4O3S/c1-10(2)14(18-11(3)21)15(22)19-20-16(24)17-9-12-5-7-13(23-4)8-6-12/h5-8,10,14H,9H2,1-4H3,(H,18,21)(H,19,22)(H2,17,20,24)/t14-/m1/s1. The Morgan fingerprint density at radius 2 is 1.79 bits per heavy atom. The molecule has 1 atom stereocenters. The minimum Gasteiger partial charge on any atom is -0.497 e. The number of amides is 2. The molecule has 0 saturated carbocycles. The summed E-state index contributed by atoms with van der Waals surface area (Å²) in [6.07, 6.45) is 0. The Kier molecular flexibility index (Phi) is 7.97. The van der Waals surface area contributed by atoms with Crippen molar-refractivity contribution in [2.45, 2.75) is 33.4 Å². The van der Waals surface area contributed by atoms with Crippen molar-refractivity contribution in [3.63, 3.8) is 0 Å². The second kappa shape index (κ2) is 9.71. The second-order valence-electron chi connectivity index (χ2n) is 5.57. The van der Waals surface area contributed by atoms with Gasteiger partial charge in [-0.05, 0) is 35.8 Å². The van der Waals surface area contributed by atoms with Crippen molar-refractivity contribution in [3.05, 3.63) is 29.8 Å². The molecule has 1 aromatic carbocycles. The van der Waals surface area contributed by atoms with Crippen molar-refractivity contribution in [1.29, 1.82) is 0 Å². The van der Waals surface area contributed by atoms with Gasteiger partial charge in [0.15, 0.2) is 5.11 Å². The van der Waals surface area contributed by atoms with E-state index in [1.807, 2.05) is 38.1 Å². The molecule has 0 unspecified atom stereocenters. The van der Waals surface area contributed by atoms with E-state index < -0.39 is 6.04 Å². The molecule has 1 rings (SSSR count). The van der Waals surface area contributed by atoms with Gasteiger partial charge >= 0.3 is 0 Å². The Labute approximate surface area is 147 Å². The molecular formula is C16H24N4O3S. The molecule has 0 fully saturated rings. The zero-order valence-electron chi connectivity index (χ0n) is 14.3. The molecule has 8 heteroatoms. The highest BCUT2D eigenvalue weighted by molar-refractivity contribution is 7.80. The first kappa shape index (κ1) is 19.7. The Balaban J connectivity index is 2.41. The molecule has 0 aromatic heterocycles. The summed E-state index contributed by atoms with van der Waals surface area (Å²) in [6, 6.07) is 6.92. The normalized spacial score (nSPS) is 11.4. The highest BCUT2D eigenvalue weighted by Crippen LogP contribution is 2.10. The topological polar surface area (TPSA) is 91.5 Å². The van der Waals surface area contributed by atoms with Gasteiger partial charge in [-0.1, -0.05) is 26.0 Å². The molecule has 4 N–H and O–H groups in total. The summed E-state index contributed by atoms with van der Waals surface area (Å²) in [5, 5.41) is 5.87. The zero-order chi connectivity index (χ0) is 18.1. The van der Waals surface area contributed by atoms with E-state index in [1.54, 1.807) is 7.11 Å². The number of hydrogen-bond donors (Lipinski definition) is 4. The fourth-order valence-electron chi connectivity index (χ4n) is 1.92. The molecule has 0 aliphatic heterocycles. The average Bonchev–Trinajstić information content (AvgIpc) is 2.55. The SMILES string of the molecule is COc1ccc(CNC(=S)NNC(=O)[C@H](NC(C)=O)C(C)C)cc1. The van der Waals surface area contributed by atoms with Crippen LogP contribution in [0.5, 0.6) is 5.75 Å². The van der Waals surface area contributed by atoms with E-state index in [-0.39, 0.29) is 22.8 Å². The van der Waals surface area contributed by atoms with E-state index >= 15 is 0 Å². The Bertz CT molecular complexity index is 575. The van der Waals surface area contributed by atoms with Crippen molar-refractivity contribution in [1.82, 2.24) is 21.5 Å². The smallest absolute Gasteiger partial charge is 0.261 e. The number of hydrogen-bond acceptors (Lipinski definition) is 4. The Hall–Kier alpha value is -2.35. The largest absolute Gasteiger partial charge is 0.497 e. The van der Waals surface area contributed by atoms with Crippen LogP contribution in [0.2, 0.25) is 0 Å². The molecule has 0 saturated heterocycles. The summed E-state index contributed by atoms with van der Waals surface area (Å²) in [7, 11) is 1.61. The first-order valence-corrected chi connectivity index (χ1v) is 7.98. The lowest BCUT2D eigenvalue weighted by molar-refractivity contribution is -0.129. The van der Waals surface area contributed by atoms with Gasteiger partial charge in [0, 0.05) is 13.5 Å². The van der Waals surface area contributed by atoms with E-state index in [2.05, 4.69) is 21.5 Å². The van der Waals surface area contributed by atoms with E-state index in [0.717, 1.165) is 11.3 Å². The molecule has 2 amide bonds. The number of carbonyl (C=O) groups is 2. The van der Waals surface area contributed by atoms with Gasteiger partial charge in [0.05, 0.1) is 7.11 Å². The average molecular weight is 352 g/mol. The maximum Gasteiger partial charge on any atom is 0.261 e. The minimum atomic E-state index is -0.626. The second-order valence-corrected chi connectivity index (χ2v) is 5.98. The Morgan fingerprint density at radius 3 is 2.29 bits per heavy atom.